The van der Waals surface area contributed by atoms with Gasteiger partial charge in [0.15, 0.2) is 0 Å². The van der Waals surface area contributed by atoms with Gasteiger partial charge in [0, 0.05) is 6.54 Å². The summed E-state index contributed by atoms with van der Waals surface area (Å²) < 4.78 is 5.15. The Labute approximate surface area is 124 Å². The predicted octanol–water partition coefficient (Wildman–Crippen LogP) is 2.29. The number of ether oxygens (including phenoxy) is 1. The van der Waals surface area contributed by atoms with Crippen molar-refractivity contribution in [2.45, 2.75) is 53.5 Å². The summed E-state index contributed by atoms with van der Waals surface area (Å²) in [7, 11) is 0. The van der Waals surface area contributed by atoms with Crippen LogP contribution in [0.5, 0.6) is 0 Å². The number of carbonyl (C=O) groups excluding carboxylic acids is 1. The van der Waals surface area contributed by atoms with Gasteiger partial charge in [-0.15, -0.1) is 0 Å². The van der Waals surface area contributed by atoms with Gasteiger partial charge in [0.2, 0.25) is 0 Å². The lowest BCUT2D eigenvalue weighted by atomic mass is 9.75. The van der Waals surface area contributed by atoms with E-state index in [1.807, 2.05) is 13.8 Å². The second-order valence-corrected chi connectivity index (χ2v) is 6.80. The summed E-state index contributed by atoms with van der Waals surface area (Å²) in [5, 5.41) is 3.24. The molecule has 0 radical (unpaired) electrons. The highest BCUT2D eigenvalue weighted by atomic mass is 16.5. The molecule has 0 bridgehead atoms. The zero-order valence-electron chi connectivity index (χ0n) is 13.9. The maximum atomic E-state index is 11.9. The molecule has 1 heterocycles. The van der Waals surface area contributed by atoms with Crippen molar-refractivity contribution < 1.29 is 9.53 Å². The molecular formula is C16H32N2O2. The average Bonchev–Trinajstić information content (AvgIpc) is 2.38. The molecule has 1 fully saturated rings. The molecule has 1 unspecified atom stereocenters. The van der Waals surface area contributed by atoms with E-state index in [1.165, 1.54) is 12.8 Å². The van der Waals surface area contributed by atoms with Crippen molar-refractivity contribution in [3.8, 4) is 0 Å². The first-order valence-corrected chi connectivity index (χ1v) is 8.00. The molecule has 1 atom stereocenters. The summed E-state index contributed by atoms with van der Waals surface area (Å²) in [6.45, 7) is 15.0. The van der Waals surface area contributed by atoms with Crippen molar-refractivity contribution in [2.75, 3.05) is 32.8 Å². The molecule has 0 saturated carbocycles. The summed E-state index contributed by atoms with van der Waals surface area (Å²) in [6, 6.07) is -0.189. The van der Waals surface area contributed by atoms with Crippen LogP contribution < -0.4 is 5.32 Å². The van der Waals surface area contributed by atoms with Crippen molar-refractivity contribution in [1.82, 2.24) is 10.2 Å². The Balaban J connectivity index is 2.45. The number of hydrogen-bond donors (Lipinski definition) is 1. The lowest BCUT2D eigenvalue weighted by molar-refractivity contribution is -0.146. The number of nitrogens with one attached hydrogen (secondary N) is 1. The van der Waals surface area contributed by atoms with Crippen molar-refractivity contribution >= 4 is 5.97 Å². The van der Waals surface area contributed by atoms with Gasteiger partial charge in [-0.3, -0.25) is 4.79 Å². The minimum absolute atomic E-state index is 0.118. The van der Waals surface area contributed by atoms with Crippen LogP contribution in [0.15, 0.2) is 0 Å². The standard InChI is InChI=1S/C16H32N2O2/c1-6-17-14(15(19)20-7-2)12-18-10-8-13(9-11-18)16(3,4)5/h13-14,17H,6-12H2,1-5H3. The van der Waals surface area contributed by atoms with E-state index in [1.54, 1.807) is 0 Å². The van der Waals surface area contributed by atoms with Crippen LogP contribution in [0.2, 0.25) is 0 Å². The van der Waals surface area contributed by atoms with Crippen LogP contribution in [-0.2, 0) is 9.53 Å². The molecule has 118 valence electrons. The van der Waals surface area contributed by atoms with Gasteiger partial charge in [-0.25, -0.2) is 0 Å². The molecule has 1 saturated heterocycles. The van der Waals surface area contributed by atoms with Gasteiger partial charge in [0.1, 0.15) is 6.04 Å². The third kappa shape index (κ3) is 5.41. The second kappa shape index (κ2) is 7.99. The summed E-state index contributed by atoms with van der Waals surface area (Å²) in [5.41, 5.74) is 0.397. The van der Waals surface area contributed by atoms with Crippen LogP contribution in [0.3, 0.4) is 0 Å². The highest BCUT2D eigenvalue weighted by molar-refractivity contribution is 5.76. The molecule has 20 heavy (non-hydrogen) atoms. The number of hydrogen-bond acceptors (Lipinski definition) is 4. The zero-order chi connectivity index (χ0) is 15.2. The summed E-state index contributed by atoms with van der Waals surface area (Å²) >= 11 is 0. The molecule has 1 rings (SSSR count). The third-order valence-electron chi connectivity index (χ3n) is 4.27. The molecule has 0 amide bonds. The van der Waals surface area contributed by atoms with Crippen LogP contribution in [-0.4, -0.2) is 49.7 Å². The molecule has 4 nitrogen and oxygen atoms in total. The first-order valence-electron chi connectivity index (χ1n) is 8.00. The number of carbonyl (C=O) groups is 1. The van der Waals surface area contributed by atoms with Gasteiger partial charge >= 0.3 is 5.97 Å². The lowest BCUT2D eigenvalue weighted by Crippen LogP contribution is -2.49. The number of likely N-dealkylation sites (N-methyl/N-ethyl adjacent to an activating group) is 1. The summed E-state index contributed by atoms with van der Waals surface area (Å²) in [4.78, 5) is 14.3. The van der Waals surface area contributed by atoms with Gasteiger partial charge < -0.3 is 15.0 Å². The highest BCUT2D eigenvalue weighted by Gasteiger charge is 2.30. The first kappa shape index (κ1) is 17.4. The van der Waals surface area contributed by atoms with Gasteiger partial charge in [0.25, 0.3) is 0 Å². The first-order chi connectivity index (χ1) is 9.38. The van der Waals surface area contributed by atoms with Crippen LogP contribution in [0, 0.1) is 11.3 Å². The Morgan fingerprint density at radius 2 is 1.90 bits per heavy atom. The topological polar surface area (TPSA) is 41.6 Å². The molecule has 0 aliphatic carbocycles. The molecule has 4 heteroatoms. The van der Waals surface area contributed by atoms with E-state index in [0.717, 1.165) is 32.1 Å². The van der Waals surface area contributed by atoms with Gasteiger partial charge in [-0.05, 0) is 50.7 Å². The van der Waals surface area contributed by atoms with Gasteiger partial charge in [0.05, 0.1) is 6.61 Å². The van der Waals surface area contributed by atoms with Crippen molar-refractivity contribution in [3.05, 3.63) is 0 Å². The Morgan fingerprint density at radius 1 is 1.30 bits per heavy atom. The van der Waals surface area contributed by atoms with Crippen molar-refractivity contribution in [3.63, 3.8) is 0 Å². The Hall–Kier alpha value is -0.610. The van der Waals surface area contributed by atoms with Crippen LogP contribution in [0.1, 0.15) is 47.5 Å². The molecule has 1 aliphatic heterocycles. The quantitative estimate of drug-likeness (QED) is 0.760. The van der Waals surface area contributed by atoms with Crippen LogP contribution >= 0.6 is 0 Å². The fraction of sp³-hybridized carbons (Fsp3) is 0.938. The molecule has 0 spiro atoms. The van der Waals surface area contributed by atoms with E-state index < -0.39 is 0 Å². The monoisotopic (exact) mass is 284 g/mol. The van der Waals surface area contributed by atoms with Crippen LogP contribution in [0.4, 0.5) is 0 Å². The SMILES string of the molecule is CCNC(CN1CCC(C(C)(C)C)CC1)C(=O)OCC. The van der Waals surface area contributed by atoms with Gasteiger partial charge in [-0.1, -0.05) is 27.7 Å². The van der Waals surface area contributed by atoms with E-state index in [2.05, 4.69) is 31.0 Å². The second-order valence-electron chi connectivity index (χ2n) is 6.80. The van der Waals surface area contributed by atoms with Gasteiger partial charge in [-0.2, -0.15) is 0 Å². The smallest absolute Gasteiger partial charge is 0.324 e. The summed E-state index contributed by atoms with van der Waals surface area (Å²) in [5.74, 6) is 0.672. The Kier molecular flexibility index (Phi) is 6.96. The molecule has 0 aromatic heterocycles. The maximum absolute atomic E-state index is 11.9. The predicted molar refractivity (Wildman–Crippen MR) is 82.7 cm³/mol. The largest absolute Gasteiger partial charge is 0.465 e. The Bertz CT molecular complexity index is 291. The number of esters is 1. The fourth-order valence-electron chi connectivity index (χ4n) is 2.95. The molecule has 0 aromatic carbocycles. The lowest BCUT2D eigenvalue weighted by Gasteiger charge is -2.39. The maximum Gasteiger partial charge on any atom is 0.324 e. The normalized spacial score (nSPS) is 19.9. The van der Waals surface area contributed by atoms with E-state index in [9.17, 15) is 4.79 Å². The number of likely N-dealkylation sites (tertiary alicyclic amines) is 1. The van der Waals surface area contributed by atoms with E-state index in [-0.39, 0.29) is 12.0 Å². The Morgan fingerprint density at radius 3 is 2.35 bits per heavy atom. The molecule has 1 aliphatic rings. The summed E-state index contributed by atoms with van der Waals surface area (Å²) in [6.07, 6.45) is 2.45. The average molecular weight is 284 g/mol. The van der Waals surface area contributed by atoms with E-state index >= 15 is 0 Å². The number of piperidine rings is 1. The van der Waals surface area contributed by atoms with E-state index in [4.69, 9.17) is 4.74 Å². The fourth-order valence-corrected chi connectivity index (χ4v) is 2.95. The molecular weight excluding hydrogens is 252 g/mol. The number of nitrogens with zero attached hydrogens (tertiary/aromatic N) is 1. The van der Waals surface area contributed by atoms with Crippen molar-refractivity contribution in [2.24, 2.45) is 11.3 Å². The molecule has 0 aromatic rings. The highest BCUT2D eigenvalue weighted by Crippen LogP contribution is 2.34. The van der Waals surface area contributed by atoms with Crippen LogP contribution in [0.25, 0.3) is 0 Å². The molecule has 1 N–H and O–H groups in total. The zero-order valence-corrected chi connectivity index (χ0v) is 13.9. The van der Waals surface area contributed by atoms with Crippen molar-refractivity contribution in [1.29, 1.82) is 0 Å². The van der Waals surface area contributed by atoms with E-state index in [0.29, 0.717) is 12.0 Å². The minimum atomic E-state index is -0.189. The third-order valence-corrected chi connectivity index (χ3v) is 4.27. The minimum Gasteiger partial charge on any atom is -0.465 e. The number of rotatable bonds is 6.